The Morgan fingerprint density at radius 1 is 1.00 bits per heavy atom. The van der Waals surface area contributed by atoms with Crippen LogP contribution >= 0.6 is 24.4 Å². The maximum absolute atomic E-state index is 6.75. The van der Waals surface area contributed by atoms with Crippen LogP contribution in [-0.4, -0.2) is 84.6 Å². The summed E-state index contributed by atoms with van der Waals surface area (Å²) >= 11 is 3.60. The van der Waals surface area contributed by atoms with Gasteiger partial charge in [0.1, 0.15) is 6.04 Å². The molecule has 0 amide bonds. The van der Waals surface area contributed by atoms with Crippen LogP contribution in [0.2, 0.25) is 0 Å². The van der Waals surface area contributed by atoms with Crippen molar-refractivity contribution in [3.63, 3.8) is 0 Å². The van der Waals surface area contributed by atoms with E-state index in [1.54, 1.807) is 6.20 Å². The molecule has 4 heterocycles. The van der Waals surface area contributed by atoms with Crippen molar-refractivity contribution in [2.45, 2.75) is 13.0 Å². The van der Waals surface area contributed by atoms with E-state index < -0.39 is 8.45 Å². The summed E-state index contributed by atoms with van der Waals surface area (Å²) in [6.07, 6.45) is 1.79. The number of rotatable bonds is 4. The lowest BCUT2D eigenvalue weighted by Crippen LogP contribution is -2.42. The van der Waals surface area contributed by atoms with Gasteiger partial charge >= 0.3 is 0 Å². The van der Waals surface area contributed by atoms with Crippen LogP contribution in [0, 0.1) is 0 Å². The molecule has 2 fully saturated rings. The Bertz CT molecular complexity index is 1010. The molecule has 0 aliphatic carbocycles. The molecule has 0 unspecified atom stereocenters. The van der Waals surface area contributed by atoms with E-state index in [9.17, 15) is 0 Å². The number of morpholine rings is 2. The molecular weight excluding hydrogens is 505 g/mol. The second kappa shape index (κ2) is 10.7. The molecule has 1 aromatic heterocycles. The lowest BCUT2D eigenvalue weighted by molar-refractivity contribution is 0.0522. The van der Waals surface area contributed by atoms with E-state index in [1.807, 2.05) is 37.3 Å². The molecule has 2 aromatic rings. The largest absolute Gasteiger partial charge is 0.428 e. The number of ether oxygens (including phenoxy) is 2. The minimum atomic E-state index is -1.04. The van der Waals surface area contributed by atoms with Crippen molar-refractivity contribution in [2.75, 3.05) is 52.6 Å². The molecule has 3 aliphatic heterocycles. The Kier molecular flexibility index (Phi) is 7.45. The summed E-state index contributed by atoms with van der Waals surface area (Å²) in [6.45, 7) is 8.28. The number of nitrogens with zero attached hydrogens (tertiary/aromatic N) is 5. The number of aromatic nitrogens is 1. The molecule has 10 heteroatoms. The predicted molar refractivity (Wildman–Crippen MR) is 133 cm³/mol. The second-order valence-corrected chi connectivity index (χ2v) is 10.7. The molecule has 1 atom stereocenters. The predicted octanol–water partition coefficient (Wildman–Crippen LogP) is 4.02. The van der Waals surface area contributed by atoms with Gasteiger partial charge in [-0.15, -0.1) is 0 Å². The number of aliphatic imine (C=N–C) groups is 2. The van der Waals surface area contributed by atoms with E-state index in [2.05, 4.69) is 36.3 Å². The van der Waals surface area contributed by atoms with Crippen molar-refractivity contribution >= 4 is 41.7 Å². The van der Waals surface area contributed by atoms with Gasteiger partial charge in [0.25, 0.3) is 0 Å². The summed E-state index contributed by atoms with van der Waals surface area (Å²) in [7, 11) is -1.04. The number of pyridine rings is 1. The van der Waals surface area contributed by atoms with Crippen molar-refractivity contribution in [1.29, 1.82) is 0 Å². The van der Waals surface area contributed by atoms with Crippen molar-refractivity contribution < 1.29 is 14.0 Å². The van der Waals surface area contributed by atoms with Crippen LogP contribution in [0.4, 0.5) is 5.69 Å². The monoisotopic (exact) mass is 531 g/mol. The molecule has 0 radical (unpaired) electrons. The lowest BCUT2D eigenvalue weighted by Gasteiger charge is -2.40. The quantitative estimate of drug-likeness (QED) is 0.555. The zero-order valence-electron chi connectivity index (χ0n) is 18.6. The summed E-state index contributed by atoms with van der Waals surface area (Å²) in [5, 5.41) is 0. The van der Waals surface area contributed by atoms with E-state index in [-0.39, 0.29) is 6.04 Å². The summed E-state index contributed by atoms with van der Waals surface area (Å²) < 4.78 is 23.7. The maximum atomic E-state index is 6.75. The Labute approximate surface area is 203 Å². The van der Waals surface area contributed by atoms with E-state index in [4.69, 9.17) is 24.0 Å². The smallest absolute Gasteiger partial charge is 0.249 e. The molecule has 0 N–H and O–H groups in total. The van der Waals surface area contributed by atoms with Crippen molar-refractivity contribution in [1.82, 2.24) is 14.3 Å². The van der Waals surface area contributed by atoms with E-state index >= 15 is 0 Å². The van der Waals surface area contributed by atoms with Gasteiger partial charge in [0.05, 0.1) is 43.5 Å². The highest BCUT2D eigenvalue weighted by Crippen LogP contribution is 2.47. The average molecular weight is 532 g/mol. The van der Waals surface area contributed by atoms with Gasteiger partial charge < -0.3 is 14.0 Å². The Hall–Kier alpha value is -1.74. The molecule has 0 saturated carbocycles. The lowest BCUT2D eigenvalue weighted by atomic mass is 10.0. The molecule has 0 spiro atoms. The average Bonchev–Trinajstić information content (AvgIpc) is 3.00. The van der Waals surface area contributed by atoms with Crippen molar-refractivity contribution in [3.05, 3.63) is 58.3 Å². The first-order valence-electron chi connectivity index (χ1n) is 11.2. The molecule has 5 rings (SSSR count). The fraction of sp³-hybridized carbons (Fsp3) is 0.435. The van der Waals surface area contributed by atoms with Crippen LogP contribution in [-0.2, 0) is 14.0 Å². The minimum absolute atomic E-state index is 0.250. The Morgan fingerprint density at radius 2 is 1.70 bits per heavy atom. The van der Waals surface area contributed by atoms with E-state index in [0.29, 0.717) is 32.3 Å². The second-order valence-electron chi connectivity index (χ2n) is 7.96. The van der Waals surface area contributed by atoms with Gasteiger partial charge in [-0.05, 0) is 37.3 Å². The van der Waals surface area contributed by atoms with Crippen LogP contribution < -0.4 is 0 Å². The Morgan fingerprint density at radius 3 is 2.33 bits per heavy atom. The third-order valence-corrected chi connectivity index (χ3v) is 8.28. The maximum Gasteiger partial charge on any atom is 0.249 e. The number of hydrogen-bond donors (Lipinski definition) is 0. The summed E-state index contributed by atoms with van der Waals surface area (Å²) in [5.41, 5.74) is 3.42. The molecule has 2 saturated heterocycles. The number of benzene rings is 1. The molecule has 8 nitrogen and oxygen atoms in total. The highest BCUT2D eigenvalue weighted by molar-refractivity contribution is 9.10. The topological polar surface area (TPSA) is 71.8 Å². The van der Waals surface area contributed by atoms with Gasteiger partial charge in [0.15, 0.2) is 0 Å². The molecule has 174 valence electrons. The Balaban J connectivity index is 1.51. The summed E-state index contributed by atoms with van der Waals surface area (Å²) in [5.74, 6) is 0.633. The van der Waals surface area contributed by atoms with Gasteiger partial charge in [-0.25, -0.2) is 14.3 Å². The third-order valence-electron chi connectivity index (χ3n) is 5.67. The van der Waals surface area contributed by atoms with Gasteiger partial charge in [0.2, 0.25) is 14.3 Å². The third kappa shape index (κ3) is 5.34. The first-order chi connectivity index (χ1) is 16.2. The first kappa shape index (κ1) is 23.0. The zero-order valence-corrected chi connectivity index (χ0v) is 21.0. The molecule has 1 aromatic carbocycles. The SMILES string of the molecule is C[C@@H]1N=C(c2ccccn2)c2cc(Br)ccc2N=C1OP(N1CCOCC1)N1CCOCC1. The molecule has 3 aliphatic rings. The van der Waals surface area contributed by atoms with Crippen LogP contribution in [0.1, 0.15) is 18.2 Å². The highest BCUT2D eigenvalue weighted by Gasteiger charge is 2.34. The minimum Gasteiger partial charge on any atom is -0.428 e. The fourth-order valence-corrected chi connectivity index (χ4v) is 6.28. The molecular formula is C23H27BrN5O3P. The number of hydrogen-bond acceptors (Lipinski definition) is 8. The van der Waals surface area contributed by atoms with Crippen LogP contribution in [0.3, 0.4) is 0 Å². The van der Waals surface area contributed by atoms with Gasteiger partial charge in [-0.2, -0.15) is 0 Å². The zero-order chi connectivity index (χ0) is 22.6. The van der Waals surface area contributed by atoms with E-state index in [0.717, 1.165) is 53.3 Å². The number of halogens is 1. The molecule has 0 bridgehead atoms. The standard InChI is InChI=1S/C23H27BrN5O3P/c1-17-23(32-33(28-8-12-30-13-9-28)29-10-14-31-15-11-29)27-20-6-5-18(24)16-19(20)22(26-17)21-4-2-3-7-25-21/h2-7,16-17H,8-15H2,1H3/t17-/m0/s1. The van der Waals surface area contributed by atoms with Crippen LogP contribution in [0.15, 0.2) is 57.1 Å². The van der Waals surface area contributed by atoms with Gasteiger partial charge in [-0.1, -0.05) is 22.0 Å². The number of fused-ring (bicyclic) bond motifs is 1. The fourth-order valence-electron chi connectivity index (χ4n) is 3.96. The summed E-state index contributed by atoms with van der Waals surface area (Å²) in [4.78, 5) is 14.6. The highest BCUT2D eigenvalue weighted by atomic mass is 79.9. The van der Waals surface area contributed by atoms with Crippen molar-refractivity contribution in [2.24, 2.45) is 9.98 Å². The van der Waals surface area contributed by atoms with Gasteiger partial charge in [0, 0.05) is 42.4 Å². The normalized spacial score (nSPS) is 22.3. The molecule has 33 heavy (non-hydrogen) atoms. The van der Waals surface area contributed by atoms with Crippen molar-refractivity contribution in [3.8, 4) is 0 Å². The van der Waals surface area contributed by atoms with Gasteiger partial charge in [-0.3, -0.25) is 9.98 Å². The van der Waals surface area contributed by atoms with Crippen LogP contribution in [0.25, 0.3) is 0 Å². The first-order valence-corrected chi connectivity index (χ1v) is 13.2. The summed E-state index contributed by atoms with van der Waals surface area (Å²) in [6, 6.07) is 11.7. The van der Waals surface area contributed by atoms with Crippen LogP contribution in [0.5, 0.6) is 0 Å². The van der Waals surface area contributed by atoms with E-state index in [1.165, 1.54) is 0 Å².